The summed E-state index contributed by atoms with van der Waals surface area (Å²) in [6, 6.07) is 21.3. The van der Waals surface area contributed by atoms with Crippen LogP contribution >= 0.6 is 35.1 Å². The van der Waals surface area contributed by atoms with Crippen LogP contribution < -0.4 is 0 Å². The number of halogens is 1. The van der Waals surface area contributed by atoms with Gasteiger partial charge in [0.1, 0.15) is 19.0 Å². The molecule has 18 heteroatoms. The van der Waals surface area contributed by atoms with E-state index in [1.807, 2.05) is 74.9 Å². The number of aryl methyl sites for hydroxylation is 2. The fourth-order valence-electron chi connectivity index (χ4n) is 5.86. The number of esters is 2. The number of aromatic amines is 1. The molecule has 3 aromatic heterocycles. The lowest BCUT2D eigenvalue weighted by molar-refractivity contribution is -0.144. The minimum Gasteiger partial charge on any atom is -0.465 e. The number of benzene rings is 2. The Kier molecular flexibility index (Phi) is 17.3. The molecule has 1 N–H and O–H groups in total. The predicted octanol–water partition coefficient (Wildman–Crippen LogP) is 7.70. The number of nitrogens with one attached hydrogen (secondary N) is 1. The lowest BCUT2D eigenvalue weighted by atomic mass is 10.0. The second-order valence-corrected chi connectivity index (χ2v) is 19.5. The second kappa shape index (κ2) is 21.6. The quantitative estimate of drug-likeness (QED) is 0.0655. The maximum absolute atomic E-state index is 12.0. The van der Waals surface area contributed by atoms with Crippen LogP contribution in [0.3, 0.4) is 0 Å². The first-order valence-electron chi connectivity index (χ1n) is 18.1. The van der Waals surface area contributed by atoms with Gasteiger partial charge in [0.05, 0.1) is 50.1 Å². The number of hydrogen-bond donors (Lipinski definition) is 1. The van der Waals surface area contributed by atoms with E-state index in [1.54, 1.807) is 64.4 Å². The Balaban J connectivity index is 0.000000239. The molecule has 0 bridgehead atoms. The SMILES string of the molecule is CCOC(=O)Cn1nc(C)cc1C1=CC=C(c2cccc(S(C)(=O)=O)c2)C1.CSCCl.CSCOC(=O)Cn1nc(C)cc1-c1ccc(-c2cccc(S(C)(=O)=O)c2)[nH]1. The normalized spacial score (nSPS) is 12.4. The van der Waals surface area contributed by atoms with Crippen LogP contribution in [-0.2, 0) is 51.8 Å². The summed E-state index contributed by atoms with van der Waals surface area (Å²) in [7, 11) is -6.54. The lowest BCUT2D eigenvalue weighted by Crippen LogP contribution is -2.16. The van der Waals surface area contributed by atoms with Crippen LogP contribution in [0.25, 0.3) is 33.8 Å². The zero-order valence-corrected chi connectivity index (χ0v) is 37.9. The minimum absolute atomic E-state index is 0.0155. The van der Waals surface area contributed by atoms with Gasteiger partial charge in [-0.3, -0.25) is 19.0 Å². The fraction of sp³-hybridized carbons (Fsp3) is 0.317. The number of rotatable bonds is 14. The van der Waals surface area contributed by atoms with Gasteiger partial charge in [-0.2, -0.15) is 10.2 Å². The minimum atomic E-state index is -3.28. The van der Waals surface area contributed by atoms with E-state index >= 15 is 0 Å². The number of alkyl halides is 1. The summed E-state index contributed by atoms with van der Waals surface area (Å²) in [5, 5.41) is 9.48. The summed E-state index contributed by atoms with van der Waals surface area (Å²) >= 11 is 8.20. The molecule has 1 aliphatic rings. The van der Waals surface area contributed by atoms with E-state index < -0.39 is 19.7 Å². The number of H-pyrrole nitrogens is 1. The van der Waals surface area contributed by atoms with Crippen molar-refractivity contribution in [3.8, 4) is 22.6 Å². The molecular weight excluding hydrogens is 854 g/mol. The Bertz CT molecular complexity index is 2540. The van der Waals surface area contributed by atoms with Crippen molar-refractivity contribution in [1.29, 1.82) is 0 Å². The summed E-state index contributed by atoms with van der Waals surface area (Å²) in [4.78, 5) is 27.6. The van der Waals surface area contributed by atoms with Crippen LogP contribution in [0, 0.1) is 13.8 Å². The molecule has 0 spiro atoms. The Hall–Kier alpha value is -4.55. The molecular formula is C41H48ClN5O8S4. The zero-order chi connectivity index (χ0) is 43.3. The molecule has 0 atom stereocenters. The number of carbonyl (C=O) groups excluding carboxylic acids is 2. The van der Waals surface area contributed by atoms with Gasteiger partial charge in [-0.1, -0.05) is 36.4 Å². The fourth-order valence-corrected chi connectivity index (χ4v) is 7.44. The topological polar surface area (TPSA) is 172 Å². The summed E-state index contributed by atoms with van der Waals surface area (Å²) < 4.78 is 60.6. The number of ether oxygens (including phenoxy) is 2. The molecule has 5 aromatic rings. The lowest BCUT2D eigenvalue weighted by Gasteiger charge is -2.10. The average Bonchev–Trinajstić information content (AvgIpc) is 4.01. The molecule has 1 aliphatic carbocycles. The molecule has 0 saturated carbocycles. The smallest absolute Gasteiger partial charge is 0.328 e. The number of allylic oxidation sites excluding steroid dienone is 4. The van der Waals surface area contributed by atoms with Crippen molar-refractivity contribution in [3.63, 3.8) is 0 Å². The van der Waals surface area contributed by atoms with Gasteiger partial charge < -0.3 is 14.5 Å². The Morgan fingerprint density at radius 2 is 1.24 bits per heavy atom. The van der Waals surface area contributed by atoms with Crippen molar-refractivity contribution in [2.45, 2.75) is 50.1 Å². The number of aromatic nitrogens is 5. The van der Waals surface area contributed by atoms with Crippen molar-refractivity contribution in [3.05, 3.63) is 108 Å². The van der Waals surface area contributed by atoms with Crippen molar-refractivity contribution in [2.24, 2.45) is 0 Å². The summed E-state index contributed by atoms with van der Waals surface area (Å²) in [5.41, 5.74) is 8.46. The van der Waals surface area contributed by atoms with E-state index in [4.69, 9.17) is 21.1 Å². The van der Waals surface area contributed by atoms with Crippen LogP contribution in [0.1, 0.15) is 36.0 Å². The van der Waals surface area contributed by atoms with Gasteiger partial charge in [-0.05, 0) is 104 Å². The maximum atomic E-state index is 12.0. The second-order valence-electron chi connectivity index (χ2n) is 13.2. The molecule has 316 valence electrons. The van der Waals surface area contributed by atoms with Crippen LogP contribution in [-0.4, -0.2) is 96.1 Å². The summed E-state index contributed by atoms with van der Waals surface area (Å²) in [6.45, 7) is 5.92. The van der Waals surface area contributed by atoms with Gasteiger partial charge in [-0.25, -0.2) is 16.8 Å². The molecule has 13 nitrogen and oxygen atoms in total. The Morgan fingerprint density at radius 1 is 0.729 bits per heavy atom. The van der Waals surface area contributed by atoms with Gasteiger partial charge >= 0.3 is 11.9 Å². The number of sulfone groups is 2. The van der Waals surface area contributed by atoms with E-state index in [9.17, 15) is 26.4 Å². The van der Waals surface area contributed by atoms with E-state index in [1.165, 1.54) is 24.3 Å². The van der Waals surface area contributed by atoms with Gasteiger partial charge in [0.25, 0.3) is 0 Å². The van der Waals surface area contributed by atoms with Crippen LogP contribution in [0.15, 0.2) is 94.7 Å². The molecule has 0 fully saturated rings. The highest BCUT2D eigenvalue weighted by Crippen LogP contribution is 2.35. The molecule has 0 amide bonds. The third-order valence-electron chi connectivity index (χ3n) is 8.48. The molecule has 6 rings (SSSR count). The number of thioether (sulfide) groups is 2. The predicted molar refractivity (Wildman–Crippen MR) is 238 cm³/mol. The number of hydrogen-bond acceptors (Lipinski definition) is 12. The first-order valence-corrected chi connectivity index (χ1v) is 25.2. The van der Waals surface area contributed by atoms with Crippen molar-refractivity contribution < 1.29 is 35.9 Å². The molecule has 0 aliphatic heterocycles. The van der Waals surface area contributed by atoms with E-state index in [0.717, 1.165) is 56.4 Å². The molecule has 0 radical (unpaired) electrons. The number of carbonyl (C=O) groups is 2. The van der Waals surface area contributed by atoms with Crippen LogP contribution in [0.4, 0.5) is 0 Å². The first kappa shape index (κ1) is 47.1. The monoisotopic (exact) mass is 901 g/mol. The van der Waals surface area contributed by atoms with Crippen molar-refractivity contribution in [1.82, 2.24) is 24.5 Å². The molecule has 0 unspecified atom stereocenters. The van der Waals surface area contributed by atoms with Gasteiger partial charge in [0.15, 0.2) is 19.7 Å². The van der Waals surface area contributed by atoms with Gasteiger partial charge in [0.2, 0.25) is 0 Å². The molecule has 59 heavy (non-hydrogen) atoms. The number of nitrogens with zero attached hydrogens (tertiary/aromatic N) is 4. The molecule has 2 aromatic carbocycles. The standard InChI is InChI=1S/C20H22N2O4S.C19H21N3O4S2.C2H5ClS/c1-4-26-20(23)13-22-19(10-14(2)21-22)17-9-8-16(11-17)15-6-5-7-18(12-15)27(3,24)25;1-13-9-18(22(21-13)11-19(23)26-12-27-2)17-8-7-16(20-17)14-5-4-6-15(10-14)28(3,24)25;1-4-2-3/h5-10,12H,4,11,13H2,1-3H3;4-10,20H,11-12H2,1-3H3;2H2,1H3. The van der Waals surface area contributed by atoms with E-state index in [2.05, 4.69) is 15.2 Å². The van der Waals surface area contributed by atoms with E-state index in [0.29, 0.717) is 29.1 Å². The van der Waals surface area contributed by atoms with Crippen LogP contribution in [0.5, 0.6) is 0 Å². The highest BCUT2D eigenvalue weighted by Gasteiger charge is 2.20. The third kappa shape index (κ3) is 13.7. The van der Waals surface area contributed by atoms with Gasteiger partial charge in [0, 0.05) is 24.6 Å². The van der Waals surface area contributed by atoms with Crippen molar-refractivity contribution >= 4 is 77.9 Å². The van der Waals surface area contributed by atoms with Crippen LogP contribution in [0.2, 0.25) is 0 Å². The average molecular weight is 903 g/mol. The van der Waals surface area contributed by atoms with Crippen molar-refractivity contribution in [2.75, 3.05) is 42.8 Å². The highest BCUT2D eigenvalue weighted by atomic mass is 35.5. The maximum Gasteiger partial charge on any atom is 0.328 e. The van der Waals surface area contributed by atoms with E-state index in [-0.39, 0.29) is 29.9 Å². The molecule has 0 saturated heterocycles. The summed E-state index contributed by atoms with van der Waals surface area (Å²) in [5.74, 6) is -0.376. The largest absolute Gasteiger partial charge is 0.465 e. The highest BCUT2D eigenvalue weighted by molar-refractivity contribution is 7.99. The Labute approximate surface area is 359 Å². The zero-order valence-electron chi connectivity index (χ0n) is 33.9. The first-order chi connectivity index (χ1) is 28.0. The third-order valence-corrected chi connectivity index (χ3v) is 11.9. The summed E-state index contributed by atoms with van der Waals surface area (Å²) in [6.07, 6.45) is 10.8. The molecule has 3 heterocycles. The van der Waals surface area contributed by atoms with Gasteiger partial charge in [-0.15, -0.1) is 35.1 Å². The Morgan fingerprint density at radius 3 is 1.80 bits per heavy atom.